The van der Waals surface area contributed by atoms with Gasteiger partial charge in [0.2, 0.25) is 0 Å². The van der Waals surface area contributed by atoms with Crippen molar-refractivity contribution >= 4 is 3.07 Å². The van der Waals surface area contributed by atoms with Gasteiger partial charge in [-0.2, -0.15) is 0 Å². The third kappa shape index (κ3) is 1.45. The quantitative estimate of drug-likeness (QED) is 0.705. The number of benzene rings is 1. The predicted octanol–water partition coefficient (Wildman–Crippen LogP) is 0.873. The number of aromatic hydroxyl groups is 1. The molecule has 1 aromatic rings. The van der Waals surface area contributed by atoms with Gasteiger partial charge in [0.25, 0.3) is 0 Å². The molecule has 0 atom stereocenters. The van der Waals surface area contributed by atoms with E-state index in [1.807, 2.05) is 19.1 Å². The number of hydrogen-bond acceptors (Lipinski definition) is 1. The van der Waals surface area contributed by atoms with Crippen LogP contribution in [0, 0.1) is 6.92 Å². The minimum absolute atomic E-state index is 0.471. The van der Waals surface area contributed by atoms with Gasteiger partial charge < -0.3 is 0 Å². The Labute approximate surface area is 70.7 Å². The zero-order chi connectivity index (χ0) is 6.85. The van der Waals surface area contributed by atoms with E-state index in [1.165, 1.54) is 5.56 Å². The third-order valence-electron chi connectivity index (χ3n) is 1.39. The summed E-state index contributed by atoms with van der Waals surface area (Å²) in [6.07, 6.45) is 0. The van der Waals surface area contributed by atoms with Crippen LogP contribution in [0.1, 0.15) is 5.56 Å². The van der Waals surface area contributed by atoms with Gasteiger partial charge in [0, 0.05) is 0 Å². The van der Waals surface area contributed by atoms with Crippen LogP contribution in [0.2, 0.25) is 0 Å². The maximum absolute atomic E-state index is 9.15. The van der Waals surface area contributed by atoms with E-state index in [-0.39, 0.29) is 0 Å². The van der Waals surface area contributed by atoms with Crippen molar-refractivity contribution in [1.29, 1.82) is 0 Å². The predicted molar refractivity (Wildman–Crippen MR) is 32.5 cm³/mol. The fraction of sp³-hybridized carbons (Fsp3) is 0.143. The zero-order valence-corrected chi connectivity index (χ0v) is 10.9. The molecule has 42 valence electrons. The van der Waals surface area contributed by atoms with Gasteiger partial charge in [-0.3, -0.25) is 0 Å². The molecule has 2 heteroatoms. The first-order valence-electron chi connectivity index (χ1n) is 2.82. The summed E-state index contributed by atoms with van der Waals surface area (Å²) in [6, 6.07) is 5.65. The Morgan fingerprint density at radius 1 is 1.44 bits per heavy atom. The molecular formula is C7H7HgO+. The molecule has 0 saturated heterocycles. The van der Waals surface area contributed by atoms with Crippen LogP contribution in [-0.2, 0) is 26.1 Å². The van der Waals surface area contributed by atoms with Gasteiger partial charge in [-0.15, -0.1) is 0 Å². The second-order valence-corrected chi connectivity index (χ2v) is 4.82. The Hall–Kier alpha value is -0.0449. The number of rotatable bonds is 0. The van der Waals surface area contributed by atoms with Gasteiger partial charge >= 0.3 is 70.7 Å². The number of hydrogen-bond donors (Lipinski definition) is 1. The van der Waals surface area contributed by atoms with Crippen LogP contribution in [0.5, 0.6) is 5.75 Å². The number of aryl methyl sites for hydroxylation is 1. The van der Waals surface area contributed by atoms with Crippen molar-refractivity contribution in [3.8, 4) is 5.75 Å². The molecule has 0 aliphatic rings. The van der Waals surface area contributed by atoms with E-state index in [1.54, 1.807) is 6.07 Å². The average molecular weight is 308 g/mol. The Kier molecular flexibility index (Phi) is 2.11. The second-order valence-electron chi connectivity index (χ2n) is 2.07. The second kappa shape index (κ2) is 2.69. The van der Waals surface area contributed by atoms with Crippen LogP contribution in [0.15, 0.2) is 18.2 Å². The van der Waals surface area contributed by atoms with E-state index in [0.717, 1.165) is 3.07 Å². The molecule has 0 aromatic heterocycles. The van der Waals surface area contributed by atoms with E-state index in [0.29, 0.717) is 31.9 Å². The molecule has 0 amide bonds. The van der Waals surface area contributed by atoms with E-state index < -0.39 is 0 Å². The van der Waals surface area contributed by atoms with Crippen molar-refractivity contribution in [2.24, 2.45) is 0 Å². The molecule has 0 radical (unpaired) electrons. The maximum atomic E-state index is 9.15. The molecule has 1 N–H and O–H groups in total. The van der Waals surface area contributed by atoms with Crippen molar-refractivity contribution in [3.05, 3.63) is 23.8 Å². The van der Waals surface area contributed by atoms with Crippen LogP contribution in [0.4, 0.5) is 0 Å². The van der Waals surface area contributed by atoms with E-state index in [4.69, 9.17) is 5.11 Å². The fourth-order valence-electron chi connectivity index (χ4n) is 0.687. The first-order chi connectivity index (χ1) is 4.22. The molecule has 9 heavy (non-hydrogen) atoms. The summed E-state index contributed by atoms with van der Waals surface area (Å²) in [7, 11) is 0. The Balaban J connectivity index is 3.25. The zero-order valence-electron chi connectivity index (χ0n) is 5.39. The molecular weight excluding hydrogens is 301 g/mol. The molecule has 0 heterocycles. The molecule has 0 bridgehead atoms. The average Bonchev–Trinajstić information content (AvgIpc) is 1.83. The van der Waals surface area contributed by atoms with Gasteiger partial charge in [-0.05, 0) is 0 Å². The van der Waals surface area contributed by atoms with E-state index in [2.05, 4.69) is 0 Å². The third-order valence-corrected chi connectivity index (χ3v) is 4.96. The Bertz CT molecular complexity index is 200. The fourth-order valence-corrected chi connectivity index (χ4v) is 1.60. The standard InChI is InChI=1S/C7H7O.Hg/c1-6-3-2-4-7(8)5-6;/h2-4,8H,1H3;/q;+1. The summed E-state index contributed by atoms with van der Waals surface area (Å²) in [5.74, 6) is 0.471. The van der Waals surface area contributed by atoms with Crippen LogP contribution in [0.3, 0.4) is 0 Å². The first-order valence-corrected chi connectivity index (χ1v) is 5.57. The van der Waals surface area contributed by atoms with E-state index in [9.17, 15) is 0 Å². The van der Waals surface area contributed by atoms with Crippen LogP contribution in [0.25, 0.3) is 0 Å². The van der Waals surface area contributed by atoms with Crippen molar-refractivity contribution < 1.29 is 31.2 Å². The van der Waals surface area contributed by atoms with Crippen LogP contribution < -0.4 is 3.07 Å². The SMILES string of the molecule is Cc1cccc(O)[c]1[Hg+]. The molecule has 0 spiro atoms. The van der Waals surface area contributed by atoms with Crippen LogP contribution in [-0.4, -0.2) is 5.11 Å². The topological polar surface area (TPSA) is 20.2 Å². The number of phenolic OH excluding ortho intramolecular Hbond substituents is 1. The molecule has 1 aromatic carbocycles. The molecule has 0 saturated carbocycles. The van der Waals surface area contributed by atoms with Gasteiger partial charge in [-0.1, -0.05) is 0 Å². The van der Waals surface area contributed by atoms with Crippen molar-refractivity contribution in [1.82, 2.24) is 0 Å². The Morgan fingerprint density at radius 3 is 2.56 bits per heavy atom. The van der Waals surface area contributed by atoms with E-state index >= 15 is 0 Å². The summed E-state index contributed by atoms with van der Waals surface area (Å²) in [6.45, 7) is 2.03. The van der Waals surface area contributed by atoms with Gasteiger partial charge in [0.05, 0.1) is 0 Å². The monoisotopic (exact) mass is 309 g/mol. The summed E-state index contributed by atoms with van der Waals surface area (Å²) in [5.41, 5.74) is 1.22. The van der Waals surface area contributed by atoms with Crippen molar-refractivity contribution in [2.75, 3.05) is 0 Å². The molecule has 0 unspecified atom stereocenters. The Morgan fingerprint density at radius 2 is 2.11 bits per heavy atom. The van der Waals surface area contributed by atoms with Crippen molar-refractivity contribution in [3.63, 3.8) is 0 Å². The summed E-state index contributed by atoms with van der Waals surface area (Å²) in [5, 5.41) is 9.15. The normalized spacial score (nSPS) is 9.67. The number of phenols is 1. The molecule has 0 fully saturated rings. The minimum atomic E-state index is 0.471. The van der Waals surface area contributed by atoms with Gasteiger partial charge in [0.15, 0.2) is 0 Å². The van der Waals surface area contributed by atoms with Gasteiger partial charge in [0.1, 0.15) is 0 Å². The summed E-state index contributed by atoms with van der Waals surface area (Å²) >= 11 is 0.537. The summed E-state index contributed by atoms with van der Waals surface area (Å²) < 4.78 is 1.16. The van der Waals surface area contributed by atoms with Crippen molar-refractivity contribution in [2.45, 2.75) is 6.92 Å². The van der Waals surface area contributed by atoms with Crippen LogP contribution >= 0.6 is 0 Å². The molecule has 0 aliphatic carbocycles. The first kappa shape index (κ1) is 7.07. The van der Waals surface area contributed by atoms with Gasteiger partial charge in [-0.25, -0.2) is 0 Å². The molecule has 1 nitrogen and oxygen atoms in total. The molecule has 0 aliphatic heterocycles. The summed E-state index contributed by atoms with van der Waals surface area (Å²) in [4.78, 5) is 0. The molecule has 1 rings (SSSR count).